The molecule has 0 aromatic heterocycles. The summed E-state index contributed by atoms with van der Waals surface area (Å²) < 4.78 is 88.9. The molecule has 1 amide bonds. The summed E-state index contributed by atoms with van der Waals surface area (Å²) in [5.41, 5.74) is 2.41. The Hall–Kier alpha value is -1.31. The molecule has 1 aromatic rings. The second kappa shape index (κ2) is 6.90. The fourth-order valence-corrected chi connectivity index (χ4v) is 7.35. The molecule has 1 aromatic carbocycles. The third kappa shape index (κ3) is 5.36. The van der Waals surface area contributed by atoms with Crippen molar-refractivity contribution in [3.63, 3.8) is 0 Å². The fourth-order valence-electron chi connectivity index (χ4n) is 1.12. The molecule has 2 atom stereocenters. The summed E-state index contributed by atoms with van der Waals surface area (Å²) in [6, 6.07) is 6.23. The number of amides is 1. The zero-order valence-electron chi connectivity index (χ0n) is 11.3. The molecule has 0 saturated heterocycles. The van der Waals surface area contributed by atoms with Crippen molar-refractivity contribution >= 4 is 40.1 Å². The van der Waals surface area contributed by atoms with Crippen LogP contribution in [0.3, 0.4) is 0 Å². The zero-order chi connectivity index (χ0) is 18.8. The van der Waals surface area contributed by atoms with Crippen molar-refractivity contribution in [1.29, 1.82) is 0 Å². The van der Waals surface area contributed by atoms with Gasteiger partial charge in [-0.05, 0) is 12.1 Å². The van der Waals surface area contributed by atoms with Crippen LogP contribution >= 0.6 is 14.4 Å². The number of rotatable bonds is 8. The first-order chi connectivity index (χ1) is 10.7. The molecule has 0 aliphatic heterocycles. The van der Waals surface area contributed by atoms with E-state index < -0.39 is 45.8 Å². The smallest absolute Gasteiger partial charge is 0.403 e. The Kier molecular flexibility index (Phi) is 5.96. The molecule has 5 N–H and O–H groups in total. The topological polar surface area (TPSA) is 219 Å². The first-order valence-corrected chi connectivity index (χ1v) is 12.0. The Bertz CT molecular complexity index is 926. The Morgan fingerprint density at radius 3 is 1.96 bits per heavy atom. The summed E-state index contributed by atoms with van der Waals surface area (Å²) in [5, 5.41) is 4.52. The predicted molar refractivity (Wildman–Crippen MR) is 78.7 cm³/mol. The highest BCUT2D eigenvalue weighted by Gasteiger charge is 2.53. The van der Waals surface area contributed by atoms with Crippen LogP contribution in [-0.2, 0) is 37.5 Å². The second-order valence-electron chi connectivity index (χ2n) is 3.79. The van der Waals surface area contributed by atoms with Crippen molar-refractivity contribution in [2.75, 3.05) is 0 Å². The van der Waals surface area contributed by atoms with Crippen molar-refractivity contribution in [1.82, 2.24) is 0 Å². The lowest BCUT2D eigenvalue weighted by Gasteiger charge is -2.19. The lowest BCUT2D eigenvalue weighted by molar-refractivity contribution is 0.257. The van der Waals surface area contributed by atoms with Gasteiger partial charge in [0.25, 0.3) is 9.64 Å². The summed E-state index contributed by atoms with van der Waals surface area (Å²) in [6.07, 6.45) is 0. The average molecular weight is 424 g/mol. The maximum atomic E-state index is 12.3. The molecule has 13 nitrogen and oxygen atoms in total. The van der Waals surface area contributed by atoms with E-state index in [9.17, 15) is 30.8 Å². The predicted octanol–water partition coefficient (Wildman–Crippen LogP) is 0.570. The van der Waals surface area contributed by atoms with Crippen LogP contribution in [0.25, 0.3) is 0 Å². The van der Waals surface area contributed by atoms with Crippen molar-refractivity contribution < 1.29 is 48.1 Å². The molecule has 0 aliphatic carbocycles. The number of para-hydroxylation sites is 1. The fraction of sp³-hybridized carbons (Fsp3) is 0. The quantitative estimate of drug-likeness (QED) is 0.386. The Morgan fingerprint density at radius 2 is 1.58 bits per heavy atom. The lowest BCUT2D eigenvalue weighted by atomic mass is 10.3. The first-order valence-electron chi connectivity index (χ1n) is 5.36. The number of primary amides is 1. The molecule has 2 unspecified atom stereocenters. The molecule has 0 saturated carbocycles. The number of phosphoric acid groups is 1. The Labute approximate surface area is 135 Å². The van der Waals surface area contributed by atoms with E-state index in [0.717, 1.165) is 12.1 Å². The SMILES string of the molecule is NC(=O)P(=O)(OP(=O)(Oc1ccccc1)OS(=O)(=O)O)S(N)(=O)=O. The minimum Gasteiger partial charge on any atom is -0.403 e. The van der Waals surface area contributed by atoms with Gasteiger partial charge in [-0.25, -0.2) is 18.1 Å². The van der Waals surface area contributed by atoms with E-state index in [2.05, 4.69) is 23.7 Å². The van der Waals surface area contributed by atoms with Crippen LogP contribution in [-0.4, -0.2) is 27.0 Å². The van der Waals surface area contributed by atoms with Gasteiger partial charge in [0.15, 0.2) is 0 Å². The van der Waals surface area contributed by atoms with Crippen LogP contribution in [0.4, 0.5) is 4.79 Å². The third-order valence-corrected chi connectivity index (χ3v) is 9.90. The number of benzene rings is 1. The highest BCUT2D eigenvalue weighted by Crippen LogP contribution is 2.67. The summed E-state index contributed by atoms with van der Waals surface area (Å²) in [7, 11) is -16.7. The Balaban J connectivity index is 3.41. The van der Waals surface area contributed by atoms with E-state index in [0.29, 0.717) is 0 Å². The van der Waals surface area contributed by atoms with Crippen LogP contribution in [0.5, 0.6) is 5.75 Å². The molecule has 0 spiro atoms. The van der Waals surface area contributed by atoms with Gasteiger partial charge >= 0.3 is 30.4 Å². The number of carbonyl (C=O) groups is 1. The van der Waals surface area contributed by atoms with E-state index in [4.69, 9.17) is 4.55 Å². The summed E-state index contributed by atoms with van der Waals surface area (Å²) in [5.74, 6) is -0.421. The largest absolute Gasteiger partial charge is 0.553 e. The van der Waals surface area contributed by atoms with E-state index >= 15 is 0 Å². The van der Waals surface area contributed by atoms with Crippen molar-refractivity contribution in [3.8, 4) is 5.75 Å². The van der Waals surface area contributed by atoms with Crippen molar-refractivity contribution in [2.45, 2.75) is 0 Å². The van der Waals surface area contributed by atoms with Crippen LogP contribution in [0.15, 0.2) is 30.3 Å². The summed E-state index contributed by atoms with van der Waals surface area (Å²) >= 11 is 0. The number of hydrogen-bond acceptors (Lipinski definition) is 10. The summed E-state index contributed by atoms with van der Waals surface area (Å²) in [6.45, 7) is -5.82. The third-order valence-electron chi connectivity index (χ3n) is 1.96. The normalized spacial score (nSPS) is 17.4. The van der Waals surface area contributed by atoms with Gasteiger partial charge in [-0.2, -0.15) is 12.7 Å². The molecular weight excluding hydrogens is 414 g/mol. The molecule has 0 heterocycles. The molecule has 0 radical (unpaired) electrons. The zero-order valence-corrected chi connectivity index (χ0v) is 14.7. The monoisotopic (exact) mass is 424 g/mol. The van der Waals surface area contributed by atoms with Gasteiger partial charge in [0.2, 0.25) is 0 Å². The Morgan fingerprint density at radius 1 is 1.08 bits per heavy atom. The van der Waals surface area contributed by atoms with Crippen LogP contribution in [0.2, 0.25) is 0 Å². The number of nitrogens with two attached hydrogens (primary N) is 2. The highest BCUT2D eigenvalue weighted by molar-refractivity contribution is 8.55. The molecule has 1 rings (SSSR count). The average Bonchev–Trinajstić information content (AvgIpc) is 2.35. The van der Waals surface area contributed by atoms with E-state index in [1.165, 1.54) is 18.2 Å². The van der Waals surface area contributed by atoms with Crippen LogP contribution in [0.1, 0.15) is 0 Å². The highest BCUT2D eigenvalue weighted by atomic mass is 32.8. The van der Waals surface area contributed by atoms with Gasteiger partial charge in [-0.15, -0.1) is 3.97 Å². The van der Waals surface area contributed by atoms with Gasteiger partial charge in [-0.3, -0.25) is 13.9 Å². The van der Waals surface area contributed by atoms with Gasteiger partial charge in [0.05, 0.1) is 0 Å². The molecule has 136 valence electrons. The molecule has 0 fully saturated rings. The van der Waals surface area contributed by atoms with Crippen LogP contribution in [0, 0.1) is 0 Å². The van der Waals surface area contributed by atoms with Crippen molar-refractivity contribution in [3.05, 3.63) is 30.3 Å². The van der Waals surface area contributed by atoms with Gasteiger partial charge in [-0.1, -0.05) is 18.2 Å². The lowest BCUT2D eigenvalue weighted by Crippen LogP contribution is -2.24. The molecule has 17 heteroatoms. The van der Waals surface area contributed by atoms with Gasteiger partial charge in [0, 0.05) is 0 Å². The summed E-state index contributed by atoms with van der Waals surface area (Å²) in [4.78, 5) is 11.1. The molecule has 24 heavy (non-hydrogen) atoms. The van der Waals surface area contributed by atoms with Crippen LogP contribution < -0.4 is 15.4 Å². The standard InChI is InChI=1S/C7H10N2O11P2S2/c8-7(10)21(11,23(9,13)14)19-22(12,20-24(15,16)17)18-6-4-2-1-3-5-6/h1-5H,(H2,8,10)(H2,9,13,14)(H,15,16,17). The van der Waals surface area contributed by atoms with E-state index in [1.54, 1.807) is 0 Å². The molecule has 0 bridgehead atoms. The molecule has 0 aliphatic rings. The van der Waals surface area contributed by atoms with Crippen molar-refractivity contribution in [2.24, 2.45) is 10.9 Å². The molecular formula is C7H10N2O11P2S2. The van der Waals surface area contributed by atoms with Gasteiger partial charge in [0.1, 0.15) is 5.75 Å². The van der Waals surface area contributed by atoms with E-state index in [-0.39, 0.29) is 0 Å². The minimum absolute atomic E-state index is 0.421. The number of hydrogen-bond donors (Lipinski definition) is 3. The van der Waals surface area contributed by atoms with E-state index in [1.807, 2.05) is 0 Å². The maximum Gasteiger partial charge on any atom is 0.553 e. The minimum atomic E-state index is -5.82. The first kappa shape index (κ1) is 20.7. The second-order valence-corrected chi connectivity index (χ2v) is 12.4. The number of carbonyl (C=O) groups excluding carboxylic acids is 1. The van der Waals surface area contributed by atoms with Gasteiger partial charge < -0.3 is 10.3 Å². The maximum absolute atomic E-state index is 12.3.